The number of para-hydroxylation sites is 1. The SMILES string of the molecule is COc1ccc(C(=O)CSc2nnc3n(-c4ccc(C)cc4C)c(=O)c4ccccc4n23)cc1. The van der Waals surface area contributed by atoms with Crippen LogP contribution in [0.3, 0.4) is 0 Å². The average molecular weight is 471 g/mol. The van der Waals surface area contributed by atoms with Gasteiger partial charge in [0.15, 0.2) is 10.9 Å². The molecule has 0 aliphatic heterocycles. The van der Waals surface area contributed by atoms with Gasteiger partial charge in [0.25, 0.3) is 5.56 Å². The molecule has 0 fully saturated rings. The molecule has 170 valence electrons. The Morgan fingerprint density at radius 1 is 1.00 bits per heavy atom. The molecule has 0 bridgehead atoms. The molecule has 7 nitrogen and oxygen atoms in total. The summed E-state index contributed by atoms with van der Waals surface area (Å²) in [6.45, 7) is 3.99. The minimum absolute atomic E-state index is 0.0311. The Bertz CT molecular complexity index is 1600. The van der Waals surface area contributed by atoms with Crippen molar-refractivity contribution in [1.82, 2.24) is 19.2 Å². The fourth-order valence-electron chi connectivity index (χ4n) is 4.04. The van der Waals surface area contributed by atoms with E-state index >= 15 is 0 Å². The fraction of sp³-hybridized carbons (Fsp3) is 0.154. The van der Waals surface area contributed by atoms with Gasteiger partial charge in [-0.2, -0.15) is 0 Å². The molecule has 0 radical (unpaired) electrons. The molecule has 34 heavy (non-hydrogen) atoms. The summed E-state index contributed by atoms with van der Waals surface area (Å²) in [6.07, 6.45) is 0. The smallest absolute Gasteiger partial charge is 0.267 e. The Balaban J connectivity index is 1.61. The van der Waals surface area contributed by atoms with E-state index < -0.39 is 0 Å². The highest BCUT2D eigenvalue weighted by Gasteiger charge is 2.19. The number of ether oxygens (including phenoxy) is 1. The van der Waals surface area contributed by atoms with Gasteiger partial charge in [0.05, 0.1) is 29.5 Å². The number of ketones is 1. The van der Waals surface area contributed by atoms with Gasteiger partial charge in [0.2, 0.25) is 5.78 Å². The van der Waals surface area contributed by atoms with Crippen LogP contribution in [0.2, 0.25) is 0 Å². The van der Waals surface area contributed by atoms with Crippen LogP contribution in [-0.4, -0.2) is 37.8 Å². The Morgan fingerprint density at radius 2 is 1.76 bits per heavy atom. The number of rotatable bonds is 6. The van der Waals surface area contributed by atoms with Crippen LogP contribution >= 0.6 is 11.8 Å². The van der Waals surface area contributed by atoms with Crippen molar-refractivity contribution in [2.45, 2.75) is 19.0 Å². The van der Waals surface area contributed by atoms with Crippen LogP contribution in [0.25, 0.3) is 22.4 Å². The molecule has 2 heterocycles. The lowest BCUT2D eigenvalue weighted by Crippen LogP contribution is -2.22. The molecular weight excluding hydrogens is 448 g/mol. The van der Waals surface area contributed by atoms with E-state index in [-0.39, 0.29) is 17.1 Å². The van der Waals surface area contributed by atoms with Crippen molar-refractivity contribution in [2.75, 3.05) is 12.9 Å². The molecule has 8 heteroatoms. The maximum Gasteiger partial charge on any atom is 0.267 e. The van der Waals surface area contributed by atoms with Crippen molar-refractivity contribution in [2.24, 2.45) is 0 Å². The maximum atomic E-state index is 13.5. The standard InChI is InChI=1S/C26H22N4O3S/c1-16-8-13-21(17(2)14-16)29-24(32)20-6-4-5-7-22(20)30-25(29)27-28-26(30)34-15-23(31)18-9-11-19(33-3)12-10-18/h4-14H,15H2,1-3H3. The van der Waals surface area contributed by atoms with Crippen LogP contribution in [0, 0.1) is 13.8 Å². The lowest BCUT2D eigenvalue weighted by Gasteiger charge is -2.13. The minimum Gasteiger partial charge on any atom is -0.497 e. The van der Waals surface area contributed by atoms with E-state index in [4.69, 9.17) is 4.74 Å². The van der Waals surface area contributed by atoms with Crippen molar-refractivity contribution in [3.05, 3.63) is 93.8 Å². The summed E-state index contributed by atoms with van der Waals surface area (Å²) in [6, 6.07) is 20.3. The fourth-order valence-corrected chi connectivity index (χ4v) is 4.87. The molecule has 0 N–H and O–H groups in total. The van der Waals surface area contributed by atoms with Crippen LogP contribution < -0.4 is 10.3 Å². The number of aromatic nitrogens is 4. The van der Waals surface area contributed by atoms with Crippen LogP contribution in [-0.2, 0) is 0 Å². The molecule has 0 saturated heterocycles. The van der Waals surface area contributed by atoms with Gasteiger partial charge < -0.3 is 4.74 Å². The van der Waals surface area contributed by atoms with Crippen LogP contribution in [0.5, 0.6) is 5.75 Å². The molecule has 3 aromatic carbocycles. The van der Waals surface area contributed by atoms with E-state index in [1.165, 1.54) is 11.8 Å². The van der Waals surface area contributed by atoms with Gasteiger partial charge in [0, 0.05) is 5.56 Å². The predicted molar refractivity (Wildman–Crippen MR) is 134 cm³/mol. The lowest BCUT2D eigenvalue weighted by molar-refractivity contribution is 0.102. The van der Waals surface area contributed by atoms with Gasteiger partial charge in [-0.05, 0) is 61.9 Å². The second-order valence-corrected chi connectivity index (χ2v) is 8.95. The lowest BCUT2D eigenvalue weighted by atomic mass is 10.1. The minimum atomic E-state index is -0.159. The third kappa shape index (κ3) is 3.76. The van der Waals surface area contributed by atoms with Gasteiger partial charge >= 0.3 is 0 Å². The zero-order valence-corrected chi connectivity index (χ0v) is 19.8. The highest BCUT2D eigenvalue weighted by molar-refractivity contribution is 7.99. The summed E-state index contributed by atoms with van der Waals surface area (Å²) < 4.78 is 8.61. The van der Waals surface area contributed by atoms with E-state index in [9.17, 15) is 9.59 Å². The summed E-state index contributed by atoms with van der Waals surface area (Å²) in [4.78, 5) is 26.3. The quantitative estimate of drug-likeness (QED) is 0.266. The summed E-state index contributed by atoms with van der Waals surface area (Å²) in [7, 11) is 1.59. The van der Waals surface area contributed by atoms with Crippen molar-refractivity contribution < 1.29 is 9.53 Å². The second-order valence-electron chi connectivity index (χ2n) is 8.01. The molecule has 0 amide bonds. The van der Waals surface area contributed by atoms with Crippen LogP contribution in [0.4, 0.5) is 0 Å². The summed E-state index contributed by atoms with van der Waals surface area (Å²) in [5.41, 5.74) is 3.97. The number of methoxy groups -OCH3 is 1. The van der Waals surface area contributed by atoms with E-state index in [1.54, 1.807) is 42.0 Å². The molecule has 0 aliphatic rings. The van der Waals surface area contributed by atoms with Gasteiger partial charge in [-0.3, -0.25) is 14.0 Å². The summed E-state index contributed by atoms with van der Waals surface area (Å²) in [5, 5.41) is 9.83. The topological polar surface area (TPSA) is 78.5 Å². The third-order valence-electron chi connectivity index (χ3n) is 5.73. The number of fused-ring (bicyclic) bond motifs is 3. The zero-order valence-electron chi connectivity index (χ0n) is 19.0. The molecule has 0 aliphatic carbocycles. The van der Waals surface area contributed by atoms with Crippen molar-refractivity contribution in [3.63, 3.8) is 0 Å². The van der Waals surface area contributed by atoms with E-state index in [1.807, 2.05) is 54.6 Å². The van der Waals surface area contributed by atoms with Gasteiger partial charge in [-0.25, -0.2) is 4.57 Å². The second kappa shape index (κ2) is 8.79. The number of Topliss-reactive ketones (excluding diaryl/α,β-unsaturated/α-hetero) is 1. The number of hydrogen-bond acceptors (Lipinski definition) is 6. The predicted octanol–water partition coefficient (Wildman–Crippen LogP) is 4.63. The summed E-state index contributed by atoms with van der Waals surface area (Å²) >= 11 is 1.29. The molecule has 0 spiro atoms. The zero-order chi connectivity index (χ0) is 23.8. The number of thioether (sulfide) groups is 1. The number of carbonyl (C=O) groups excluding carboxylic acids is 1. The first-order valence-corrected chi connectivity index (χ1v) is 11.7. The van der Waals surface area contributed by atoms with Crippen molar-refractivity contribution in [3.8, 4) is 11.4 Å². The molecule has 0 saturated carbocycles. The largest absolute Gasteiger partial charge is 0.497 e. The molecular formula is C26H22N4O3S. The first kappa shape index (κ1) is 21.9. The first-order chi connectivity index (χ1) is 16.5. The molecule has 2 aromatic heterocycles. The van der Waals surface area contributed by atoms with Gasteiger partial charge in [-0.1, -0.05) is 41.6 Å². The summed E-state index contributed by atoms with van der Waals surface area (Å²) in [5.74, 6) is 1.26. The molecule has 5 rings (SSSR count). The van der Waals surface area contributed by atoms with Crippen LogP contribution in [0.15, 0.2) is 76.7 Å². The number of carbonyl (C=O) groups is 1. The molecule has 0 unspecified atom stereocenters. The number of benzene rings is 3. The Morgan fingerprint density at radius 3 is 2.50 bits per heavy atom. The monoisotopic (exact) mass is 470 g/mol. The van der Waals surface area contributed by atoms with Crippen molar-refractivity contribution >= 4 is 34.2 Å². The van der Waals surface area contributed by atoms with Gasteiger partial charge in [-0.15, -0.1) is 10.2 Å². The maximum absolute atomic E-state index is 13.5. The van der Waals surface area contributed by atoms with E-state index in [0.29, 0.717) is 33.1 Å². The van der Waals surface area contributed by atoms with Crippen molar-refractivity contribution in [1.29, 1.82) is 0 Å². The van der Waals surface area contributed by atoms with Gasteiger partial charge in [0.1, 0.15) is 5.75 Å². The first-order valence-electron chi connectivity index (χ1n) is 10.7. The highest BCUT2D eigenvalue weighted by Crippen LogP contribution is 2.25. The third-order valence-corrected chi connectivity index (χ3v) is 6.66. The molecule has 5 aromatic rings. The average Bonchev–Trinajstić information content (AvgIpc) is 3.27. The molecule has 0 atom stereocenters. The Hall–Kier alpha value is -3.91. The van der Waals surface area contributed by atoms with E-state index in [2.05, 4.69) is 10.2 Å². The highest BCUT2D eigenvalue weighted by atomic mass is 32.2. The van der Waals surface area contributed by atoms with E-state index in [0.717, 1.165) is 16.8 Å². The number of hydrogen-bond donors (Lipinski definition) is 0. The number of aryl methyl sites for hydroxylation is 2. The Labute approximate surface area is 200 Å². The normalized spacial score (nSPS) is 11.3. The number of nitrogens with zero attached hydrogens (tertiary/aromatic N) is 4. The Kier molecular flexibility index (Phi) is 5.67. The van der Waals surface area contributed by atoms with Crippen LogP contribution in [0.1, 0.15) is 21.5 Å².